The van der Waals surface area contributed by atoms with Crippen molar-refractivity contribution in [2.24, 2.45) is 5.41 Å². The summed E-state index contributed by atoms with van der Waals surface area (Å²) in [5.74, 6) is -0.894. The molecule has 0 aromatic carbocycles. The molecule has 0 aromatic rings. The van der Waals surface area contributed by atoms with Crippen molar-refractivity contribution in [1.82, 2.24) is 5.32 Å². The van der Waals surface area contributed by atoms with Gasteiger partial charge in [0.2, 0.25) is 5.91 Å². The molecular weight excluding hydrogens is 178 g/mol. The highest BCUT2D eigenvalue weighted by Crippen LogP contribution is 2.09. The molecule has 0 spiro atoms. The summed E-state index contributed by atoms with van der Waals surface area (Å²) in [5.41, 5.74) is -0.0139. The molecule has 0 bridgehead atoms. The van der Waals surface area contributed by atoms with Gasteiger partial charge in [0.25, 0.3) is 0 Å². The minimum absolute atomic E-state index is 0.0139. The van der Waals surface area contributed by atoms with E-state index in [2.05, 4.69) is 5.32 Å². The zero-order valence-electron chi connectivity index (χ0n) is 7.55. The molecule has 0 radical (unpaired) electrons. The van der Waals surface area contributed by atoms with Crippen LogP contribution in [0.4, 0.5) is 0 Å². The summed E-state index contributed by atoms with van der Waals surface area (Å²) in [4.78, 5) is 10.8. The molecule has 0 fully saturated rings. The average Bonchev–Trinajstić information content (AvgIpc) is 1.80. The Morgan fingerprint density at radius 3 is 2.33 bits per heavy atom. The smallest absolute Gasteiger partial charge is 0.231 e. The third-order valence-corrected chi connectivity index (χ3v) is 1.56. The van der Waals surface area contributed by atoms with Crippen LogP contribution in [0.25, 0.3) is 0 Å². The van der Waals surface area contributed by atoms with Gasteiger partial charge in [0.05, 0.1) is 5.75 Å². The van der Waals surface area contributed by atoms with Gasteiger partial charge in [0.15, 0.2) is 0 Å². The van der Waals surface area contributed by atoms with Crippen molar-refractivity contribution in [3.05, 3.63) is 0 Å². The van der Waals surface area contributed by atoms with Gasteiger partial charge < -0.3 is 9.87 Å². The van der Waals surface area contributed by atoms with E-state index >= 15 is 0 Å². The van der Waals surface area contributed by atoms with Crippen molar-refractivity contribution >= 4 is 17.0 Å². The van der Waals surface area contributed by atoms with Crippen molar-refractivity contribution in [3.8, 4) is 0 Å². The van der Waals surface area contributed by atoms with E-state index in [1.165, 1.54) is 0 Å². The Hall–Kier alpha value is -0.420. The van der Waals surface area contributed by atoms with Crippen molar-refractivity contribution in [1.29, 1.82) is 0 Å². The van der Waals surface area contributed by atoms with E-state index in [0.29, 0.717) is 6.54 Å². The monoisotopic (exact) mass is 192 g/mol. The Bertz CT molecular complexity index is 186. The summed E-state index contributed by atoms with van der Waals surface area (Å²) in [6.45, 7) is 6.37. The lowest BCUT2D eigenvalue weighted by molar-refractivity contribution is -0.119. The summed E-state index contributed by atoms with van der Waals surface area (Å²) >= 11 is -2.29. The van der Waals surface area contributed by atoms with E-state index in [4.69, 9.17) is 0 Å². The van der Waals surface area contributed by atoms with Gasteiger partial charge in [0, 0.05) is 6.54 Å². The second-order valence-electron chi connectivity index (χ2n) is 3.79. The van der Waals surface area contributed by atoms with Gasteiger partial charge in [-0.25, -0.2) is 0 Å². The summed E-state index contributed by atoms with van der Waals surface area (Å²) < 4.78 is 20.1. The third kappa shape index (κ3) is 7.68. The lowest BCUT2D eigenvalue weighted by atomic mass is 9.97. The molecule has 12 heavy (non-hydrogen) atoms. The van der Waals surface area contributed by atoms with Gasteiger partial charge in [0.1, 0.15) is 0 Å². The summed E-state index contributed by atoms with van der Waals surface area (Å²) in [5, 5.41) is 2.52. The average molecular weight is 192 g/mol. The van der Waals surface area contributed by atoms with Gasteiger partial charge in [-0.1, -0.05) is 20.8 Å². The molecule has 4 nitrogen and oxygen atoms in total. The summed E-state index contributed by atoms with van der Waals surface area (Å²) in [6, 6.07) is 0. The highest BCUT2D eigenvalue weighted by molar-refractivity contribution is 7.79. The van der Waals surface area contributed by atoms with Crippen LogP contribution in [0, 0.1) is 5.41 Å². The topological polar surface area (TPSA) is 69.2 Å². The number of nitrogens with one attached hydrogen (secondary N) is 1. The minimum Gasteiger partial charge on any atom is -0.772 e. The lowest BCUT2D eigenvalue weighted by Gasteiger charge is -2.18. The van der Waals surface area contributed by atoms with Crippen LogP contribution >= 0.6 is 0 Å². The van der Waals surface area contributed by atoms with Crippen molar-refractivity contribution < 1.29 is 13.6 Å². The zero-order valence-corrected chi connectivity index (χ0v) is 8.36. The second kappa shape index (κ2) is 4.57. The Morgan fingerprint density at radius 1 is 1.50 bits per heavy atom. The second-order valence-corrected chi connectivity index (χ2v) is 4.68. The fraction of sp³-hybridized carbons (Fsp3) is 0.857. The first-order valence-corrected chi connectivity index (χ1v) is 4.88. The lowest BCUT2D eigenvalue weighted by Crippen LogP contribution is -2.35. The first kappa shape index (κ1) is 11.6. The Morgan fingerprint density at radius 2 is 2.00 bits per heavy atom. The Kier molecular flexibility index (Phi) is 4.41. The molecule has 1 N–H and O–H groups in total. The first-order valence-electron chi connectivity index (χ1n) is 3.64. The Labute approximate surface area is 75.0 Å². The van der Waals surface area contributed by atoms with Crippen LogP contribution in [0.1, 0.15) is 20.8 Å². The molecule has 0 aliphatic heterocycles. The van der Waals surface area contributed by atoms with E-state index in [1.54, 1.807) is 0 Å². The predicted molar refractivity (Wildman–Crippen MR) is 46.3 cm³/mol. The molecule has 0 aromatic heterocycles. The van der Waals surface area contributed by atoms with Gasteiger partial charge in [-0.15, -0.1) is 0 Å². The number of hydrogen-bond donors (Lipinski definition) is 1. The molecule has 0 aliphatic rings. The van der Waals surface area contributed by atoms with Crippen LogP contribution in [0.15, 0.2) is 0 Å². The fourth-order valence-electron chi connectivity index (χ4n) is 0.522. The molecule has 72 valence electrons. The van der Waals surface area contributed by atoms with E-state index in [-0.39, 0.29) is 5.41 Å². The number of carbonyl (C=O) groups excluding carboxylic acids is 1. The highest BCUT2D eigenvalue weighted by Gasteiger charge is 2.11. The van der Waals surface area contributed by atoms with Gasteiger partial charge in [-0.05, 0) is 16.5 Å². The molecule has 1 unspecified atom stereocenters. The maximum atomic E-state index is 10.8. The van der Waals surface area contributed by atoms with Crippen LogP contribution in [0.3, 0.4) is 0 Å². The van der Waals surface area contributed by atoms with Crippen LogP contribution < -0.4 is 5.32 Å². The van der Waals surface area contributed by atoms with Gasteiger partial charge >= 0.3 is 0 Å². The van der Waals surface area contributed by atoms with Crippen LogP contribution in [0.2, 0.25) is 0 Å². The molecule has 0 saturated carbocycles. The zero-order chi connectivity index (χ0) is 9.78. The molecule has 1 amide bonds. The molecule has 5 heteroatoms. The van der Waals surface area contributed by atoms with Crippen LogP contribution in [-0.4, -0.2) is 27.0 Å². The standard InChI is InChI=1S/C7H15NO3S/c1-7(2,3)5-8-6(9)4-12(10)11/h4-5H2,1-3H3,(H,8,9)(H,10,11)/p-1. The molecule has 0 aliphatic carbocycles. The number of rotatable bonds is 3. The van der Waals surface area contributed by atoms with Crippen molar-refractivity contribution in [2.45, 2.75) is 20.8 Å². The van der Waals surface area contributed by atoms with Gasteiger partial charge in [-0.2, -0.15) is 0 Å². The maximum absolute atomic E-state index is 10.8. The molecular formula is C7H14NO3S-. The molecule has 0 heterocycles. The highest BCUT2D eigenvalue weighted by atomic mass is 32.2. The number of hydrogen-bond acceptors (Lipinski definition) is 3. The normalized spacial score (nSPS) is 14.0. The Balaban J connectivity index is 3.65. The number of amides is 1. The van der Waals surface area contributed by atoms with Gasteiger partial charge in [-0.3, -0.25) is 9.00 Å². The fourth-order valence-corrected chi connectivity index (χ4v) is 0.838. The van der Waals surface area contributed by atoms with Crippen molar-refractivity contribution in [2.75, 3.05) is 12.3 Å². The minimum atomic E-state index is -2.29. The predicted octanol–water partition coefficient (Wildman–Crippen LogP) is 0.0278. The number of carbonyl (C=O) groups is 1. The largest absolute Gasteiger partial charge is 0.772 e. The SMILES string of the molecule is CC(C)(C)CNC(=O)CS(=O)[O-]. The summed E-state index contributed by atoms with van der Waals surface area (Å²) in [6.07, 6.45) is 0. The van der Waals surface area contributed by atoms with E-state index in [1.807, 2.05) is 20.8 Å². The third-order valence-electron chi connectivity index (χ3n) is 1.06. The van der Waals surface area contributed by atoms with Crippen LogP contribution in [-0.2, 0) is 15.9 Å². The first-order chi connectivity index (χ1) is 5.31. The van der Waals surface area contributed by atoms with Crippen molar-refractivity contribution in [3.63, 3.8) is 0 Å². The molecule has 0 rings (SSSR count). The quantitative estimate of drug-likeness (QED) is 0.641. The van der Waals surface area contributed by atoms with E-state index in [9.17, 15) is 13.6 Å². The summed E-state index contributed by atoms with van der Waals surface area (Å²) in [7, 11) is 0. The molecule has 1 atom stereocenters. The van der Waals surface area contributed by atoms with E-state index < -0.39 is 22.7 Å². The van der Waals surface area contributed by atoms with E-state index in [0.717, 1.165) is 0 Å². The molecule has 0 saturated heterocycles. The maximum Gasteiger partial charge on any atom is 0.231 e. The van der Waals surface area contributed by atoms with Crippen LogP contribution in [0.5, 0.6) is 0 Å².